The zero-order chi connectivity index (χ0) is 14.0. The molecule has 0 aromatic heterocycles. The third kappa shape index (κ3) is 2.78. The summed E-state index contributed by atoms with van der Waals surface area (Å²) in [5.74, 6) is -1.61. The molecule has 0 unspecified atom stereocenters. The zero-order valence-electron chi connectivity index (χ0n) is 9.25. The second kappa shape index (κ2) is 4.66. The Morgan fingerprint density at radius 2 is 2.06 bits per heavy atom. The number of nitrogens with one attached hydrogen (secondary N) is 1. The Balaban J connectivity index is 2.92. The normalized spacial score (nSPS) is 14.4. The fourth-order valence-electron chi connectivity index (χ4n) is 1.05. The number of hydrogen-bond acceptors (Lipinski definition) is 3. The smallest absolute Gasteiger partial charge is 0.373 e. The molecule has 0 heterocycles. The topological polar surface area (TPSA) is 73.1 Å². The van der Waals surface area contributed by atoms with E-state index in [1.807, 2.05) is 5.32 Å². The van der Waals surface area contributed by atoms with Gasteiger partial charge in [0.05, 0.1) is 11.6 Å². The van der Waals surface area contributed by atoms with Gasteiger partial charge in [0.1, 0.15) is 0 Å². The maximum atomic E-state index is 12.4. The fourth-order valence-corrected chi connectivity index (χ4v) is 1.05. The predicted molar refractivity (Wildman–Crippen MR) is 56.5 cm³/mol. The molecule has 7 heteroatoms. The third-order valence-electron chi connectivity index (χ3n) is 2.24. The molecule has 0 fully saturated rings. The van der Waals surface area contributed by atoms with Gasteiger partial charge in [0.25, 0.3) is 5.91 Å². The van der Waals surface area contributed by atoms with Crippen molar-refractivity contribution < 1.29 is 23.1 Å². The van der Waals surface area contributed by atoms with Gasteiger partial charge in [0.15, 0.2) is 0 Å². The molecular weight excluding hydrogens is 249 g/mol. The molecule has 1 atom stereocenters. The number of halogens is 3. The molecule has 0 aliphatic carbocycles. The molecule has 1 rings (SSSR count). The van der Waals surface area contributed by atoms with Gasteiger partial charge in [-0.25, -0.2) is 0 Å². The molecule has 1 aromatic rings. The summed E-state index contributed by atoms with van der Waals surface area (Å²) in [5, 5.41) is 19.6. The summed E-state index contributed by atoms with van der Waals surface area (Å²) in [7, 11) is 0. The van der Waals surface area contributed by atoms with Crippen LogP contribution < -0.4 is 5.32 Å². The van der Waals surface area contributed by atoms with E-state index in [-0.39, 0.29) is 11.3 Å². The highest BCUT2D eigenvalue weighted by Gasteiger charge is 2.55. The molecule has 0 aliphatic rings. The van der Waals surface area contributed by atoms with Crippen LogP contribution in [0.2, 0.25) is 0 Å². The van der Waals surface area contributed by atoms with Crippen LogP contribution in [0.1, 0.15) is 12.5 Å². The van der Waals surface area contributed by atoms with Gasteiger partial charge in [-0.3, -0.25) is 4.79 Å². The maximum absolute atomic E-state index is 12.4. The highest BCUT2D eigenvalue weighted by molar-refractivity contribution is 5.97. The average molecular weight is 258 g/mol. The lowest BCUT2D eigenvalue weighted by Crippen LogP contribution is -2.52. The molecule has 0 saturated carbocycles. The largest absolute Gasteiger partial charge is 0.426 e. The van der Waals surface area contributed by atoms with Gasteiger partial charge in [-0.15, -0.1) is 0 Å². The van der Waals surface area contributed by atoms with Crippen LogP contribution in [-0.4, -0.2) is 22.8 Å². The number of anilines is 1. The van der Waals surface area contributed by atoms with Crippen molar-refractivity contribution in [2.24, 2.45) is 0 Å². The molecular formula is C11H9F3N2O2. The minimum atomic E-state index is -5.08. The Bertz CT molecular complexity index is 504. The number of benzene rings is 1. The molecule has 0 spiro atoms. The SMILES string of the molecule is C[C@@](O)(C(=O)Nc1cccc(C#N)c1)C(F)(F)F. The number of aliphatic hydroxyl groups is 1. The summed E-state index contributed by atoms with van der Waals surface area (Å²) in [5.41, 5.74) is -3.31. The van der Waals surface area contributed by atoms with Crippen molar-refractivity contribution in [3.63, 3.8) is 0 Å². The average Bonchev–Trinajstić information content (AvgIpc) is 2.27. The molecule has 0 radical (unpaired) electrons. The zero-order valence-corrected chi connectivity index (χ0v) is 9.25. The molecule has 2 N–H and O–H groups in total. The number of carbonyl (C=O) groups excluding carboxylic acids is 1. The van der Waals surface area contributed by atoms with Crippen LogP contribution in [0.15, 0.2) is 24.3 Å². The molecule has 0 aliphatic heterocycles. The summed E-state index contributed by atoms with van der Waals surface area (Å²) in [4.78, 5) is 11.3. The number of rotatable bonds is 2. The molecule has 96 valence electrons. The summed E-state index contributed by atoms with van der Waals surface area (Å²) in [6.45, 7) is 0.358. The number of nitriles is 1. The van der Waals surface area contributed by atoms with E-state index in [0.717, 1.165) is 0 Å². The Hall–Kier alpha value is -2.07. The number of amides is 1. The lowest BCUT2D eigenvalue weighted by molar-refractivity contribution is -0.242. The van der Waals surface area contributed by atoms with Crippen LogP contribution >= 0.6 is 0 Å². The first-order chi connectivity index (χ1) is 8.18. The van der Waals surface area contributed by atoms with Crippen molar-refractivity contribution >= 4 is 11.6 Å². The highest BCUT2D eigenvalue weighted by Crippen LogP contribution is 2.31. The van der Waals surface area contributed by atoms with Crippen LogP contribution in [0, 0.1) is 11.3 Å². The van der Waals surface area contributed by atoms with Crippen LogP contribution in [0.4, 0.5) is 18.9 Å². The first kappa shape index (κ1) is 14.0. The van der Waals surface area contributed by atoms with E-state index in [2.05, 4.69) is 0 Å². The molecule has 4 nitrogen and oxygen atoms in total. The van der Waals surface area contributed by atoms with Crippen molar-refractivity contribution in [1.82, 2.24) is 0 Å². The second-order valence-electron chi connectivity index (χ2n) is 3.72. The first-order valence-electron chi connectivity index (χ1n) is 4.79. The summed E-state index contributed by atoms with van der Waals surface area (Å²) in [6, 6.07) is 7.11. The van der Waals surface area contributed by atoms with Gasteiger partial charge < -0.3 is 10.4 Å². The molecule has 1 amide bonds. The van der Waals surface area contributed by atoms with Gasteiger partial charge in [-0.05, 0) is 25.1 Å². The predicted octanol–water partition coefficient (Wildman–Crippen LogP) is 1.81. The summed E-state index contributed by atoms with van der Waals surface area (Å²) < 4.78 is 37.1. The summed E-state index contributed by atoms with van der Waals surface area (Å²) >= 11 is 0. The number of nitrogens with zero attached hydrogens (tertiary/aromatic N) is 1. The van der Waals surface area contributed by atoms with Crippen LogP contribution in [0.3, 0.4) is 0 Å². The van der Waals surface area contributed by atoms with E-state index >= 15 is 0 Å². The van der Waals surface area contributed by atoms with Gasteiger partial charge >= 0.3 is 6.18 Å². The fraction of sp³-hybridized carbons (Fsp3) is 0.273. The van der Waals surface area contributed by atoms with Crippen molar-refractivity contribution in [2.45, 2.75) is 18.7 Å². The Labute approximate surface area is 101 Å². The van der Waals surface area contributed by atoms with Crippen LogP contribution in [0.5, 0.6) is 0 Å². The highest BCUT2D eigenvalue weighted by atomic mass is 19.4. The van der Waals surface area contributed by atoms with E-state index in [9.17, 15) is 18.0 Å². The van der Waals surface area contributed by atoms with E-state index in [4.69, 9.17) is 10.4 Å². The molecule has 0 bridgehead atoms. The lowest BCUT2D eigenvalue weighted by Gasteiger charge is -2.24. The quantitative estimate of drug-likeness (QED) is 0.849. The van der Waals surface area contributed by atoms with Gasteiger partial charge in [-0.2, -0.15) is 18.4 Å². The number of alkyl halides is 3. The van der Waals surface area contributed by atoms with Crippen molar-refractivity contribution in [3.05, 3.63) is 29.8 Å². The number of hydrogen-bond donors (Lipinski definition) is 2. The Morgan fingerprint density at radius 1 is 1.44 bits per heavy atom. The summed E-state index contributed by atoms with van der Waals surface area (Å²) in [6.07, 6.45) is -5.08. The standard InChI is InChI=1S/C11H9F3N2O2/c1-10(18,11(12,13)14)9(17)16-8-4-2-3-7(5-8)6-15/h2-5,18H,1H3,(H,16,17)/t10-/m1/s1. The van der Waals surface area contributed by atoms with Gasteiger partial charge in [0, 0.05) is 5.69 Å². The number of carbonyl (C=O) groups is 1. The molecule has 0 saturated heterocycles. The first-order valence-corrected chi connectivity index (χ1v) is 4.79. The minimum Gasteiger partial charge on any atom is -0.373 e. The Morgan fingerprint density at radius 3 is 2.56 bits per heavy atom. The van der Waals surface area contributed by atoms with Crippen molar-refractivity contribution in [3.8, 4) is 6.07 Å². The van der Waals surface area contributed by atoms with Crippen molar-refractivity contribution in [2.75, 3.05) is 5.32 Å². The lowest BCUT2D eigenvalue weighted by atomic mass is 10.1. The minimum absolute atomic E-state index is 0.00331. The van der Waals surface area contributed by atoms with E-state index in [0.29, 0.717) is 6.92 Å². The molecule has 18 heavy (non-hydrogen) atoms. The van der Waals surface area contributed by atoms with Gasteiger partial charge in [-0.1, -0.05) is 6.07 Å². The van der Waals surface area contributed by atoms with E-state index in [1.54, 1.807) is 6.07 Å². The Kier molecular flexibility index (Phi) is 3.62. The molecule has 1 aromatic carbocycles. The second-order valence-corrected chi connectivity index (χ2v) is 3.72. The van der Waals surface area contributed by atoms with Crippen molar-refractivity contribution in [1.29, 1.82) is 5.26 Å². The maximum Gasteiger partial charge on any atom is 0.426 e. The van der Waals surface area contributed by atoms with E-state index < -0.39 is 17.7 Å². The monoisotopic (exact) mass is 258 g/mol. The van der Waals surface area contributed by atoms with Crippen LogP contribution in [0.25, 0.3) is 0 Å². The third-order valence-corrected chi connectivity index (χ3v) is 2.24. The van der Waals surface area contributed by atoms with Gasteiger partial charge in [0.2, 0.25) is 5.60 Å². The van der Waals surface area contributed by atoms with E-state index in [1.165, 1.54) is 24.3 Å². The van der Waals surface area contributed by atoms with Crippen LogP contribution in [-0.2, 0) is 4.79 Å².